The number of halogens is 1. The normalized spacial score (nSPS) is 11.0. The third-order valence-corrected chi connectivity index (χ3v) is 3.05. The summed E-state index contributed by atoms with van der Waals surface area (Å²) < 4.78 is 0. The molecule has 18 heavy (non-hydrogen) atoms. The lowest BCUT2D eigenvalue weighted by molar-refractivity contribution is -0.384. The van der Waals surface area contributed by atoms with Gasteiger partial charge in [0.1, 0.15) is 5.69 Å². The summed E-state index contributed by atoms with van der Waals surface area (Å²) in [6.07, 6.45) is 0. The molecular formula is C12H18ClN3O2. The number of nitro benzene ring substituents is 1. The van der Waals surface area contributed by atoms with Gasteiger partial charge in [0.25, 0.3) is 5.69 Å². The Morgan fingerprint density at radius 2 is 2.17 bits per heavy atom. The third-order valence-electron chi connectivity index (χ3n) is 2.82. The maximum Gasteiger partial charge on any atom is 0.292 e. The van der Waals surface area contributed by atoms with Crippen LogP contribution in [0, 0.1) is 10.1 Å². The summed E-state index contributed by atoms with van der Waals surface area (Å²) in [6.45, 7) is 5.64. The van der Waals surface area contributed by atoms with Gasteiger partial charge in [0.05, 0.1) is 4.92 Å². The van der Waals surface area contributed by atoms with Crippen LogP contribution in [0.25, 0.3) is 0 Å². The summed E-state index contributed by atoms with van der Waals surface area (Å²) in [5, 5.41) is 14.4. The minimum Gasteiger partial charge on any atom is -0.378 e. The Morgan fingerprint density at radius 3 is 2.72 bits per heavy atom. The van der Waals surface area contributed by atoms with Crippen molar-refractivity contribution < 1.29 is 4.92 Å². The number of hydrogen-bond acceptors (Lipinski definition) is 4. The molecule has 0 aliphatic carbocycles. The number of rotatable bonds is 6. The minimum absolute atomic E-state index is 0.0478. The molecule has 0 amide bonds. The lowest BCUT2D eigenvalue weighted by atomic mass is 10.2. The first kappa shape index (κ1) is 14.7. The predicted octanol–water partition coefficient (Wildman–Crippen LogP) is 3.00. The first-order valence-corrected chi connectivity index (χ1v) is 6.17. The monoisotopic (exact) mass is 271 g/mol. The zero-order chi connectivity index (χ0) is 13.7. The number of likely N-dealkylation sites (N-methyl/N-ethyl adjacent to an activating group) is 1. The minimum atomic E-state index is -0.412. The predicted molar refractivity (Wildman–Crippen MR) is 74.4 cm³/mol. The second-order valence-corrected chi connectivity index (χ2v) is 4.86. The second kappa shape index (κ2) is 6.56. The van der Waals surface area contributed by atoms with Crippen LogP contribution in [-0.2, 0) is 0 Å². The molecule has 0 spiro atoms. The highest BCUT2D eigenvalue weighted by atomic mass is 35.5. The van der Waals surface area contributed by atoms with E-state index in [2.05, 4.69) is 24.1 Å². The fourth-order valence-corrected chi connectivity index (χ4v) is 1.61. The van der Waals surface area contributed by atoms with Crippen LogP contribution in [0.3, 0.4) is 0 Å². The van der Waals surface area contributed by atoms with Gasteiger partial charge in [-0.15, -0.1) is 0 Å². The van der Waals surface area contributed by atoms with Gasteiger partial charge in [-0.3, -0.25) is 10.1 Å². The highest BCUT2D eigenvalue weighted by Gasteiger charge is 2.13. The average Bonchev–Trinajstić information content (AvgIpc) is 2.28. The van der Waals surface area contributed by atoms with Crippen LogP contribution in [0.2, 0.25) is 5.02 Å². The fourth-order valence-electron chi connectivity index (χ4n) is 1.43. The Labute approximate surface area is 112 Å². The van der Waals surface area contributed by atoms with Crippen LogP contribution in [0.1, 0.15) is 13.8 Å². The zero-order valence-electron chi connectivity index (χ0n) is 10.8. The van der Waals surface area contributed by atoms with E-state index in [4.69, 9.17) is 11.6 Å². The third kappa shape index (κ3) is 4.16. The first-order chi connectivity index (χ1) is 8.41. The molecule has 1 aromatic carbocycles. The van der Waals surface area contributed by atoms with E-state index in [0.717, 1.165) is 6.54 Å². The van der Waals surface area contributed by atoms with Crippen molar-refractivity contribution in [2.24, 2.45) is 0 Å². The summed E-state index contributed by atoms with van der Waals surface area (Å²) in [7, 11) is 2.01. The van der Waals surface area contributed by atoms with E-state index in [1.807, 2.05) is 7.05 Å². The number of benzene rings is 1. The van der Waals surface area contributed by atoms with Crippen LogP contribution in [0.4, 0.5) is 11.4 Å². The quantitative estimate of drug-likeness (QED) is 0.638. The molecule has 5 nitrogen and oxygen atoms in total. The summed E-state index contributed by atoms with van der Waals surface area (Å²) in [4.78, 5) is 12.6. The van der Waals surface area contributed by atoms with E-state index in [0.29, 0.717) is 23.3 Å². The van der Waals surface area contributed by atoms with Crippen molar-refractivity contribution in [1.82, 2.24) is 4.90 Å². The SMILES string of the molecule is CC(C)N(C)CCNc1cc(Cl)ccc1[N+](=O)[O-]. The summed E-state index contributed by atoms with van der Waals surface area (Å²) in [5.74, 6) is 0. The lowest BCUT2D eigenvalue weighted by Crippen LogP contribution is -2.31. The zero-order valence-corrected chi connectivity index (χ0v) is 11.6. The molecule has 0 saturated heterocycles. The molecule has 0 unspecified atom stereocenters. The van der Waals surface area contributed by atoms with Crippen molar-refractivity contribution in [1.29, 1.82) is 0 Å². The Morgan fingerprint density at radius 1 is 1.50 bits per heavy atom. The number of nitrogens with zero attached hydrogens (tertiary/aromatic N) is 2. The Balaban J connectivity index is 2.66. The maximum absolute atomic E-state index is 10.9. The number of anilines is 1. The number of hydrogen-bond donors (Lipinski definition) is 1. The summed E-state index contributed by atoms with van der Waals surface area (Å²) in [5.41, 5.74) is 0.510. The Kier molecular flexibility index (Phi) is 5.37. The van der Waals surface area contributed by atoms with Gasteiger partial charge in [-0.2, -0.15) is 0 Å². The molecule has 0 radical (unpaired) electrons. The molecular weight excluding hydrogens is 254 g/mol. The second-order valence-electron chi connectivity index (χ2n) is 4.42. The van der Waals surface area contributed by atoms with Crippen LogP contribution < -0.4 is 5.32 Å². The van der Waals surface area contributed by atoms with Gasteiger partial charge in [0.15, 0.2) is 0 Å². The van der Waals surface area contributed by atoms with Crippen LogP contribution >= 0.6 is 11.6 Å². The fraction of sp³-hybridized carbons (Fsp3) is 0.500. The standard InChI is InChI=1S/C12H18ClN3O2/c1-9(2)15(3)7-6-14-11-8-10(13)4-5-12(11)16(17)18/h4-5,8-9,14H,6-7H2,1-3H3. The molecule has 0 atom stereocenters. The summed E-state index contributed by atoms with van der Waals surface area (Å²) >= 11 is 5.84. The smallest absolute Gasteiger partial charge is 0.292 e. The first-order valence-electron chi connectivity index (χ1n) is 5.80. The van der Waals surface area contributed by atoms with Crippen molar-refractivity contribution in [3.05, 3.63) is 33.3 Å². The molecule has 1 N–H and O–H groups in total. The Bertz CT molecular complexity index is 424. The number of nitro groups is 1. The molecule has 0 aliphatic heterocycles. The van der Waals surface area contributed by atoms with E-state index < -0.39 is 4.92 Å². The van der Waals surface area contributed by atoms with Crippen molar-refractivity contribution >= 4 is 23.0 Å². The molecule has 1 rings (SSSR count). The van der Waals surface area contributed by atoms with Crippen molar-refractivity contribution in [2.45, 2.75) is 19.9 Å². The van der Waals surface area contributed by atoms with Gasteiger partial charge in [-0.25, -0.2) is 0 Å². The summed E-state index contributed by atoms with van der Waals surface area (Å²) in [6, 6.07) is 4.96. The van der Waals surface area contributed by atoms with Crippen LogP contribution in [0.5, 0.6) is 0 Å². The van der Waals surface area contributed by atoms with Gasteiger partial charge in [-0.1, -0.05) is 11.6 Å². The highest BCUT2D eigenvalue weighted by Crippen LogP contribution is 2.27. The van der Waals surface area contributed by atoms with Gasteiger partial charge in [0.2, 0.25) is 0 Å². The van der Waals surface area contributed by atoms with Gasteiger partial charge in [0, 0.05) is 30.2 Å². The average molecular weight is 272 g/mol. The van der Waals surface area contributed by atoms with Gasteiger partial charge >= 0.3 is 0 Å². The van der Waals surface area contributed by atoms with Crippen LogP contribution in [0.15, 0.2) is 18.2 Å². The largest absolute Gasteiger partial charge is 0.378 e. The van der Waals surface area contributed by atoms with Crippen molar-refractivity contribution in [3.63, 3.8) is 0 Å². The Hall–Kier alpha value is -1.33. The van der Waals surface area contributed by atoms with Gasteiger partial charge in [-0.05, 0) is 33.0 Å². The molecule has 0 heterocycles. The van der Waals surface area contributed by atoms with Crippen LogP contribution in [-0.4, -0.2) is 36.0 Å². The highest BCUT2D eigenvalue weighted by molar-refractivity contribution is 6.31. The van der Waals surface area contributed by atoms with E-state index in [1.165, 1.54) is 12.1 Å². The van der Waals surface area contributed by atoms with E-state index in [1.54, 1.807) is 6.07 Å². The maximum atomic E-state index is 10.9. The molecule has 100 valence electrons. The molecule has 6 heteroatoms. The molecule has 0 aromatic heterocycles. The van der Waals surface area contributed by atoms with Crippen molar-refractivity contribution in [3.8, 4) is 0 Å². The van der Waals surface area contributed by atoms with E-state index >= 15 is 0 Å². The number of nitrogens with one attached hydrogen (secondary N) is 1. The molecule has 0 aliphatic rings. The molecule has 0 bridgehead atoms. The van der Waals surface area contributed by atoms with E-state index in [9.17, 15) is 10.1 Å². The van der Waals surface area contributed by atoms with Crippen molar-refractivity contribution in [2.75, 3.05) is 25.5 Å². The molecule has 1 aromatic rings. The molecule has 0 fully saturated rings. The molecule has 0 saturated carbocycles. The lowest BCUT2D eigenvalue weighted by Gasteiger charge is -2.21. The van der Waals surface area contributed by atoms with E-state index in [-0.39, 0.29) is 5.69 Å². The van der Waals surface area contributed by atoms with Gasteiger partial charge < -0.3 is 10.2 Å². The topological polar surface area (TPSA) is 58.4 Å².